The lowest BCUT2D eigenvalue weighted by atomic mass is 10.1. The van der Waals surface area contributed by atoms with Gasteiger partial charge in [0, 0.05) is 0 Å². The second-order valence-electron chi connectivity index (χ2n) is 4.28. The third-order valence-corrected chi connectivity index (χ3v) is 2.82. The zero-order chi connectivity index (χ0) is 13.7. The van der Waals surface area contributed by atoms with Crippen LogP contribution in [0.4, 0.5) is 0 Å². The van der Waals surface area contributed by atoms with Crippen LogP contribution in [0.15, 0.2) is 18.2 Å². The van der Waals surface area contributed by atoms with Crippen LogP contribution < -0.4 is 10.2 Å². The Labute approximate surface area is 110 Å². The van der Waals surface area contributed by atoms with Gasteiger partial charge in [-0.25, -0.2) is 10.3 Å². The highest BCUT2D eigenvalue weighted by Gasteiger charge is 2.12. The standard InChI is InChI=1S/C13H15NO5/c15-12(14-19-8-13(16)17)7-18-11-5-4-9-2-1-3-10(9)6-11/h4-6H,1-3,7-8H2,(H,14,15)(H,16,17). The second-order valence-corrected chi connectivity index (χ2v) is 4.28. The topological polar surface area (TPSA) is 84.9 Å². The summed E-state index contributed by atoms with van der Waals surface area (Å²) < 4.78 is 5.31. The monoisotopic (exact) mass is 265 g/mol. The van der Waals surface area contributed by atoms with Crippen molar-refractivity contribution in [1.82, 2.24) is 5.48 Å². The molecule has 102 valence electrons. The number of carboxylic acids is 1. The van der Waals surface area contributed by atoms with Gasteiger partial charge in [-0.15, -0.1) is 0 Å². The number of carbonyl (C=O) groups excluding carboxylic acids is 1. The fourth-order valence-electron chi connectivity index (χ4n) is 1.99. The third-order valence-electron chi connectivity index (χ3n) is 2.82. The molecule has 0 aliphatic heterocycles. The SMILES string of the molecule is O=C(O)CONC(=O)COc1ccc2c(c1)CCC2. The van der Waals surface area contributed by atoms with Gasteiger partial charge in [0.15, 0.2) is 13.2 Å². The van der Waals surface area contributed by atoms with E-state index in [1.165, 1.54) is 11.1 Å². The minimum absolute atomic E-state index is 0.210. The summed E-state index contributed by atoms with van der Waals surface area (Å²) in [5.41, 5.74) is 4.59. The molecule has 1 aromatic rings. The van der Waals surface area contributed by atoms with Crippen LogP contribution in [0, 0.1) is 0 Å². The van der Waals surface area contributed by atoms with Crippen molar-refractivity contribution in [1.29, 1.82) is 0 Å². The maximum Gasteiger partial charge on any atom is 0.332 e. The van der Waals surface area contributed by atoms with Crippen molar-refractivity contribution in [3.8, 4) is 5.75 Å². The Morgan fingerprint density at radius 3 is 2.79 bits per heavy atom. The number of fused-ring (bicyclic) bond motifs is 1. The van der Waals surface area contributed by atoms with E-state index in [0.29, 0.717) is 5.75 Å². The molecule has 0 atom stereocenters. The highest BCUT2D eigenvalue weighted by molar-refractivity contribution is 5.76. The Bertz CT molecular complexity index is 486. The zero-order valence-corrected chi connectivity index (χ0v) is 10.3. The lowest BCUT2D eigenvalue weighted by molar-refractivity contribution is -0.149. The maximum atomic E-state index is 11.3. The fraction of sp³-hybridized carbons (Fsp3) is 0.385. The fourth-order valence-corrected chi connectivity index (χ4v) is 1.99. The summed E-state index contributed by atoms with van der Waals surface area (Å²) in [7, 11) is 0. The summed E-state index contributed by atoms with van der Waals surface area (Å²) in [5.74, 6) is -1.05. The molecular weight excluding hydrogens is 250 g/mol. The molecule has 1 aliphatic carbocycles. The average Bonchev–Trinajstić information content (AvgIpc) is 2.83. The van der Waals surface area contributed by atoms with Gasteiger partial charge in [-0.1, -0.05) is 6.07 Å². The molecule has 0 fully saturated rings. The third kappa shape index (κ3) is 3.96. The molecule has 0 aromatic heterocycles. The zero-order valence-electron chi connectivity index (χ0n) is 10.3. The van der Waals surface area contributed by atoms with E-state index < -0.39 is 18.5 Å². The first-order valence-corrected chi connectivity index (χ1v) is 6.02. The molecule has 1 aliphatic rings. The van der Waals surface area contributed by atoms with E-state index in [0.717, 1.165) is 19.3 Å². The van der Waals surface area contributed by atoms with Gasteiger partial charge < -0.3 is 9.84 Å². The van der Waals surface area contributed by atoms with Crippen molar-refractivity contribution in [3.05, 3.63) is 29.3 Å². The summed E-state index contributed by atoms with van der Waals surface area (Å²) in [4.78, 5) is 25.9. The molecular formula is C13H15NO5. The van der Waals surface area contributed by atoms with E-state index in [9.17, 15) is 9.59 Å². The number of hydrogen-bond acceptors (Lipinski definition) is 4. The number of ether oxygens (including phenoxy) is 1. The molecule has 0 bridgehead atoms. The first-order valence-electron chi connectivity index (χ1n) is 6.02. The van der Waals surface area contributed by atoms with Gasteiger partial charge in [0.25, 0.3) is 5.91 Å². The van der Waals surface area contributed by atoms with E-state index >= 15 is 0 Å². The van der Waals surface area contributed by atoms with Gasteiger partial charge >= 0.3 is 5.97 Å². The molecule has 0 saturated heterocycles. The van der Waals surface area contributed by atoms with Crippen LogP contribution in [-0.2, 0) is 27.3 Å². The number of carboxylic acid groups (broad SMARTS) is 1. The quantitative estimate of drug-likeness (QED) is 0.739. The van der Waals surface area contributed by atoms with Crippen LogP contribution in [0.25, 0.3) is 0 Å². The molecule has 6 nitrogen and oxygen atoms in total. The van der Waals surface area contributed by atoms with E-state index in [2.05, 4.69) is 4.84 Å². The van der Waals surface area contributed by atoms with Crippen molar-refractivity contribution in [2.24, 2.45) is 0 Å². The number of carbonyl (C=O) groups is 2. The summed E-state index contributed by atoms with van der Waals surface area (Å²) in [6, 6.07) is 5.78. The minimum atomic E-state index is -1.15. The van der Waals surface area contributed by atoms with Crippen LogP contribution in [0.2, 0.25) is 0 Å². The van der Waals surface area contributed by atoms with Crippen LogP contribution in [0.1, 0.15) is 17.5 Å². The first-order chi connectivity index (χ1) is 9.15. The number of hydroxylamine groups is 1. The average molecular weight is 265 g/mol. The molecule has 1 amide bonds. The Hall–Kier alpha value is -2.08. The van der Waals surface area contributed by atoms with Gasteiger partial charge in [0.05, 0.1) is 0 Å². The largest absolute Gasteiger partial charge is 0.484 e. The predicted octanol–water partition coefficient (Wildman–Crippen LogP) is 0.686. The lowest BCUT2D eigenvalue weighted by Gasteiger charge is -2.08. The number of nitrogens with one attached hydrogen (secondary N) is 1. The summed E-state index contributed by atoms with van der Waals surface area (Å²) in [6.45, 7) is -0.789. The Kier molecular flexibility index (Phi) is 4.35. The number of rotatable bonds is 6. The molecule has 0 radical (unpaired) electrons. The molecule has 19 heavy (non-hydrogen) atoms. The summed E-state index contributed by atoms with van der Waals surface area (Å²) in [5, 5.41) is 8.32. The van der Waals surface area contributed by atoms with Gasteiger partial charge in [0.2, 0.25) is 0 Å². The van der Waals surface area contributed by atoms with Crippen LogP contribution in [0.3, 0.4) is 0 Å². The molecule has 6 heteroatoms. The van der Waals surface area contributed by atoms with Crippen LogP contribution >= 0.6 is 0 Å². The van der Waals surface area contributed by atoms with E-state index in [1.807, 2.05) is 23.7 Å². The molecule has 2 rings (SSSR count). The smallest absolute Gasteiger partial charge is 0.332 e. The number of aryl methyl sites for hydroxylation is 2. The van der Waals surface area contributed by atoms with E-state index in [1.54, 1.807) is 0 Å². The molecule has 0 spiro atoms. The number of aliphatic carboxylic acids is 1. The van der Waals surface area contributed by atoms with E-state index in [-0.39, 0.29) is 6.61 Å². The van der Waals surface area contributed by atoms with Crippen molar-refractivity contribution < 1.29 is 24.3 Å². The molecule has 1 aromatic carbocycles. The molecule has 0 unspecified atom stereocenters. The van der Waals surface area contributed by atoms with Gasteiger partial charge in [-0.3, -0.25) is 9.63 Å². The number of hydrogen-bond donors (Lipinski definition) is 2. The molecule has 0 saturated carbocycles. The molecule has 0 heterocycles. The Morgan fingerprint density at radius 2 is 2.00 bits per heavy atom. The highest BCUT2D eigenvalue weighted by atomic mass is 16.7. The number of benzene rings is 1. The summed E-state index contributed by atoms with van der Waals surface area (Å²) in [6.07, 6.45) is 3.29. The summed E-state index contributed by atoms with van der Waals surface area (Å²) >= 11 is 0. The van der Waals surface area contributed by atoms with Crippen molar-refractivity contribution in [3.63, 3.8) is 0 Å². The highest BCUT2D eigenvalue weighted by Crippen LogP contribution is 2.25. The lowest BCUT2D eigenvalue weighted by Crippen LogP contribution is -2.30. The second kappa shape index (κ2) is 6.19. The van der Waals surface area contributed by atoms with Gasteiger partial charge in [-0.2, -0.15) is 0 Å². The van der Waals surface area contributed by atoms with Crippen LogP contribution in [-0.4, -0.2) is 30.2 Å². The Balaban J connectivity index is 1.76. The van der Waals surface area contributed by atoms with Crippen molar-refractivity contribution in [2.45, 2.75) is 19.3 Å². The normalized spacial score (nSPS) is 12.8. The Morgan fingerprint density at radius 1 is 1.21 bits per heavy atom. The van der Waals surface area contributed by atoms with E-state index in [4.69, 9.17) is 9.84 Å². The van der Waals surface area contributed by atoms with Crippen molar-refractivity contribution in [2.75, 3.05) is 13.2 Å². The van der Waals surface area contributed by atoms with Crippen LogP contribution in [0.5, 0.6) is 5.75 Å². The predicted molar refractivity (Wildman–Crippen MR) is 65.7 cm³/mol. The first kappa shape index (κ1) is 13.4. The minimum Gasteiger partial charge on any atom is -0.484 e. The van der Waals surface area contributed by atoms with Crippen molar-refractivity contribution >= 4 is 11.9 Å². The molecule has 2 N–H and O–H groups in total. The maximum absolute atomic E-state index is 11.3. The number of amides is 1. The van der Waals surface area contributed by atoms with Gasteiger partial charge in [-0.05, 0) is 42.5 Å². The van der Waals surface area contributed by atoms with Gasteiger partial charge in [0.1, 0.15) is 5.75 Å².